The van der Waals surface area contributed by atoms with Crippen LogP contribution in [0.2, 0.25) is 0 Å². The SMILES string of the molecule is CCCCCCCOc1cccc(NCC(=O)Nc2cccc(C(=O)NCC3CCCO3)c2)c1. The van der Waals surface area contributed by atoms with Gasteiger partial charge < -0.3 is 25.4 Å². The van der Waals surface area contributed by atoms with Gasteiger partial charge in [0, 0.05) is 36.2 Å². The molecule has 2 amide bonds. The lowest BCUT2D eigenvalue weighted by atomic mass is 10.1. The summed E-state index contributed by atoms with van der Waals surface area (Å²) in [5.41, 5.74) is 1.90. The van der Waals surface area contributed by atoms with Crippen LogP contribution < -0.4 is 20.7 Å². The van der Waals surface area contributed by atoms with Crippen molar-refractivity contribution in [1.82, 2.24) is 5.32 Å². The Morgan fingerprint density at radius 2 is 1.85 bits per heavy atom. The number of anilines is 2. The molecule has 1 saturated heterocycles. The Morgan fingerprint density at radius 3 is 2.68 bits per heavy atom. The van der Waals surface area contributed by atoms with E-state index in [1.165, 1.54) is 25.7 Å². The Bertz CT molecular complexity index is 912. The van der Waals surface area contributed by atoms with Crippen molar-refractivity contribution in [2.75, 3.05) is 36.9 Å². The molecule has 184 valence electrons. The van der Waals surface area contributed by atoms with Gasteiger partial charge in [0.15, 0.2) is 0 Å². The van der Waals surface area contributed by atoms with Crippen molar-refractivity contribution >= 4 is 23.2 Å². The molecule has 7 heteroatoms. The summed E-state index contributed by atoms with van der Waals surface area (Å²) in [7, 11) is 0. The van der Waals surface area contributed by atoms with Crippen molar-refractivity contribution < 1.29 is 19.1 Å². The predicted octanol–water partition coefficient (Wildman–Crippen LogP) is 5.00. The summed E-state index contributed by atoms with van der Waals surface area (Å²) >= 11 is 0. The van der Waals surface area contributed by atoms with Gasteiger partial charge in [-0.2, -0.15) is 0 Å². The van der Waals surface area contributed by atoms with E-state index >= 15 is 0 Å². The van der Waals surface area contributed by atoms with Crippen LogP contribution in [0.25, 0.3) is 0 Å². The molecule has 34 heavy (non-hydrogen) atoms. The minimum Gasteiger partial charge on any atom is -0.494 e. The first-order chi connectivity index (χ1) is 16.6. The van der Waals surface area contributed by atoms with E-state index in [1.54, 1.807) is 24.3 Å². The highest BCUT2D eigenvalue weighted by Gasteiger charge is 2.17. The van der Waals surface area contributed by atoms with E-state index in [4.69, 9.17) is 9.47 Å². The third-order valence-electron chi connectivity index (χ3n) is 5.73. The lowest BCUT2D eigenvalue weighted by Crippen LogP contribution is -2.31. The summed E-state index contributed by atoms with van der Waals surface area (Å²) < 4.78 is 11.4. The maximum absolute atomic E-state index is 12.4. The topological polar surface area (TPSA) is 88.7 Å². The van der Waals surface area contributed by atoms with Crippen LogP contribution in [0.5, 0.6) is 5.75 Å². The monoisotopic (exact) mass is 467 g/mol. The number of hydrogen-bond donors (Lipinski definition) is 3. The maximum Gasteiger partial charge on any atom is 0.251 e. The molecule has 3 N–H and O–H groups in total. The molecule has 1 unspecified atom stereocenters. The summed E-state index contributed by atoms with van der Waals surface area (Å²) in [4.78, 5) is 24.8. The van der Waals surface area contributed by atoms with Gasteiger partial charge in [-0.15, -0.1) is 0 Å². The van der Waals surface area contributed by atoms with Crippen LogP contribution >= 0.6 is 0 Å². The molecule has 2 aromatic carbocycles. The molecule has 1 fully saturated rings. The Labute approximate surface area is 202 Å². The van der Waals surface area contributed by atoms with Crippen LogP contribution in [0.3, 0.4) is 0 Å². The van der Waals surface area contributed by atoms with Gasteiger partial charge in [0.1, 0.15) is 5.75 Å². The number of benzene rings is 2. The van der Waals surface area contributed by atoms with Gasteiger partial charge in [0.05, 0.1) is 19.3 Å². The lowest BCUT2D eigenvalue weighted by Gasteiger charge is -2.12. The normalized spacial score (nSPS) is 15.0. The maximum atomic E-state index is 12.4. The zero-order valence-electron chi connectivity index (χ0n) is 20.1. The number of unbranched alkanes of at least 4 members (excludes halogenated alkanes) is 4. The van der Waals surface area contributed by atoms with Gasteiger partial charge in [-0.1, -0.05) is 44.7 Å². The Balaban J connectivity index is 1.40. The second kappa shape index (κ2) is 14.3. The van der Waals surface area contributed by atoms with Crippen LogP contribution in [0, 0.1) is 0 Å². The fourth-order valence-electron chi connectivity index (χ4n) is 3.83. The first-order valence-electron chi connectivity index (χ1n) is 12.4. The van der Waals surface area contributed by atoms with E-state index in [2.05, 4.69) is 22.9 Å². The standard InChI is InChI=1S/C27H37N3O4/c1-2-3-4-5-6-15-33-24-13-8-11-22(18-24)28-20-26(31)30-23-12-7-10-21(17-23)27(32)29-19-25-14-9-16-34-25/h7-8,10-13,17-18,25,28H,2-6,9,14-16,19-20H2,1H3,(H,29,32)(H,30,31). The molecule has 0 radical (unpaired) electrons. The van der Waals surface area contributed by atoms with E-state index in [-0.39, 0.29) is 24.5 Å². The van der Waals surface area contributed by atoms with Gasteiger partial charge in [-0.3, -0.25) is 9.59 Å². The number of carbonyl (C=O) groups is 2. The van der Waals surface area contributed by atoms with Gasteiger partial charge in [0.2, 0.25) is 5.91 Å². The minimum atomic E-state index is -0.195. The summed E-state index contributed by atoms with van der Waals surface area (Å²) in [6.07, 6.45) is 8.08. The first-order valence-corrected chi connectivity index (χ1v) is 12.4. The summed E-state index contributed by atoms with van der Waals surface area (Å²) in [6.45, 7) is 4.27. The molecule has 1 heterocycles. The quantitative estimate of drug-likeness (QED) is 0.341. The highest BCUT2D eigenvalue weighted by atomic mass is 16.5. The van der Waals surface area contributed by atoms with Crippen LogP contribution in [-0.2, 0) is 9.53 Å². The van der Waals surface area contributed by atoms with Crippen molar-refractivity contribution in [3.63, 3.8) is 0 Å². The molecular weight excluding hydrogens is 430 g/mol. The molecule has 7 nitrogen and oxygen atoms in total. The Kier molecular flexibility index (Phi) is 10.7. The molecule has 0 spiro atoms. The fraction of sp³-hybridized carbons (Fsp3) is 0.481. The number of hydrogen-bond acceptors (Lipinski definition) is 5. The smallest absolute Gasteiger partial charge is 0.251 e. The lowest BCUT2D eigenvalue weighted by molar-refractivity contribution is -0.114. The van der Waals surface area contributed by atoms with E-state index < -0.39 is 0 Å². The van der Waals surface area contributed by atoms with Gasteiger partial charge >= 0.3 is 0 Å². The Morgan fingerprint density at radius 1 is 1.03 bits per heavy atom. The third-order valence-corrected chi connectivity index (χ3v) is 5.73. The number of ether oxygens (including phenoxy) is 2. The Hall–Kier alpha value is -3.06. The molecule has 2 aromatic rings. The first kappa shape index (κ1) is 25.6. The summed E-state index contributed by atoms with van der Waals surface area (Å²) in [5.74, 6) is 0.425. The molecule has 1 atom stereocenters. The summed E-state index contributed by atoms with van der Waals surface area (Å²) in [5, 5.41) is 8.87. The molecule has 0 aliphatic carbocycles. The van der Waals surface area contributed by atoms with E-state index in [0.29, 0.717) is 24.4 Å². The van der Waals surface area contributed by atoms with E-state index in [1.807, 2.05) is 24.3 Å². The van der Waals surface area contributed by atoms with Crippen LogP contribution in [-0.4, -0.2) is 44.2 Å². The summed E-state index contributed by atoms with van der Waals surface area (Å²) in [6, 6.07) is 14.6. The second-order valence-electron chi connectivity index (χ2n) is 8.62. The third kappa shape index (κ3) is 9.06. The molecule has 3 rings (SSSR count). The molecule has 0 bridgehead atoms. The van der Waals surface area contributed by atoms with Crippen LogP contribution in [0.1, 0.15) is 62.2 Å². The average molecular weight is 468 g/mol. The number of rotatable bonds is 14. The number of amides is 2. The van der Waals surface area contributed by atoms with Gasteiger partial charge in [-0.25, -0.2) is 0 Å². The van der Waals surface area contributed by atoms with Crippen molar-refractivity contribution in [3.05, 3.63) is 54.1 Å². The van der Waals surface area contributed by atoms with Crippen molar-refractivity contribution in [2.24, 2.45) is 0 Å². The van der Waals surface area contributed by atoms with Crippen molar-refractivity contribution in [3.8, 4) is 5.75 Å². The molecule has 1 aliphatic rings. The van der Waals surface area contributed by atoms with Gasteiger partial charge in [-0.05, 0) is 49.6 Å². The zero-order valence-corrected chi connectivity index (χ0v) is 20.1. The van der Waals surface area contributed by atoms with Crippen molar-refractivity contribution in [2.45, 2.75) is 58.0 Å². The number of nitrogens with one attached hydrogen (secondary N) is 3. The fourth-order valence-corrected chi connectivity index (χ4v) is 3.83. The van der Waals surface area contributed by atoms with Crippen LogP contribution in [0.15, 0.2) is 48.5 Å². The van der Waals surface area contributed by atoms with Gasteiger partial charge in [0.25, 0.3) is 5.91 Å². The zero-order chi connectivity index (χ0) is 24.0. The predicted molar refractivity (Wildman–Crippen MR) is 136 cm³/mol. The highest BCUT2D eigenvalue weighted by Crippen LogP contribution is 2.18. The van der Waals surface area contributed by atoms with Crippen molar-refractivity contribution in [1.29, 1.82) is 0 Å². The highest BCUT2D eigenvalue weighted by molar-refractivity contribution is 5.98. The minimum absolute atomic E-state index is 0.0904. The second-order valence-corrected chi connectivity index (χ2v) is 8.62. The average Bonchev–Trinajstić information content (AvgIpc) is 3.38. The van der Waals surface area contributed by atoms with E-state index in [0.717, 1.165) is 37.3 Å². The molecular formula is C27H37N3O4. The number of carbonyl (C=O) groups excluding carboxylic acids is 2. The van der Waals surface area contributed by atoms with E-state index in [9.17, 15) is 9.59 Å². The van der Waals surface area contributed by atoms with Crippen LogP contribution in [0.4, 0.5) is 11.4 Å². The molecule has 0 aromatic heterocycles. The molecule has 1 aliphatic heterocycles. The molecule has 0 saturated carbocycles. The largest absolute Gasteiger partial charge is 0.494 e.